The Morgan fingerprint density at radius 1 is 1.39 bits per heavy atom. The van der Waals surface area contributed by atoms with Crippen LogP contribution < -0.4 is 0 Å². The maximum absolute atomic E-state index is 11.7. The summed E-state index contributed by atoms with van der Waals surface area (Å²) in [6, 6.07) is 0. The highest BCUT2D eigenvalue weighted by molar-refractivity contribution is 5.94. The van der Waals surface area contributed by atoms with E-state index in [4.69, 9.17) is 9.47 Å². The molecule has 3 heteroatoms. The van der Waals surface area contributed by atoms with Crippen molar-refractivity contribution >= 4 is 5.97 Å². The third-order valence-corrected chi connectivity index (χ3v) is 4.28. The minimum atomic E-state index is -0.159. The summed E-state index contributed by atoms with van der Waals surface area (Å²) >= 11 is 0. The molecule has 0 aromatic rings. The molecule has 0 atom stereocenters. The van der Waals surface area contributed by atoms with Gasteiger partial charge in [0.15, 0.2) is 0 Å². The predicted octanol–water partition coefficient (Wildman–Crippen LogP) is 2.91. The van der Waals surface area contributed by atoms with Gasteiger partial charge in [0.2, 0.25) is 0 Å². The molecule has 0 aromatic heterocycles. The molecule has 3 nitrogen and oxygen atoms in total. The number of hydrogen-bond acceptors (Lipinski definition) is 3. The fourth-order valence-corrected chi connectivity index (χ4v) is 3.24. The third kappa shape index (κ3) is 1.91. The smallest absolute Gasteiger partial charge is 0.334 e. The second kappa shape index (κ2) is 4.54. The Labute approximate surface area is 108 Å². The van der Waals surface area contributed by atoms with Gasteiger partial charge in [0.05, 0.1) is 18.8 Å². The molecular weight excluding hydrogens is 228 g/mol. The van der Waals surface area contributed by atoms with Gasteiger partial charge in [0.1, 0.15) is 0 Å². The molecule has 18 heavy (non-hydrogen) atoms. The molecule has 0 bridgehead atoms. The van der Waals surface area contributed by atoms with E-state index in [0.717, 1.165) is 30.4 Å². The van der Waals surface area contributed by atoms with E-state index in [-0.39, 0.29) is 11.6 Å². The average Bonchev–Trinajstić information content (AvgIpc) is 2.34. The van der Waals surface area contributed by atoms with Crippen LogP contribution in [0.15, 0.2) is 22.8 Å². The van der Waals surface area contributed by atoms with Crippen molar-refractivity contribution in [2.45, 2.75) is 51.0 Å². The Bertz CT molecular complexity index is 425. The molecule has 0 radical (unpaired) electrons. The summed E-state index contributed by atoms with van der Waals surface area (Å²) in [5.74, 6) is -0.159. The Hall–Kier alpha value is -1.09. The molecule has 1 fully saturated rings. The van der Waals surface area contributed by atoms with E-state index >= 15 is 0 Å². The normalized spacial score (nSPS) is 25.3. The fraction of sp³-hybridized carbons (Fsp3) is 0.667. The minimum Gasteiger partial charge on any atom is -0.463 e. The van der Waals surface area contributed by atoms with Crippen LogP contribution in [0.25, 0.3) is 0 Å². The van der Waals surface area contributed by atoms with Gasteiger partial charge in [-0.25, -0.2) is 4.79 Å². The maximum atomic E-state index is 11.7. The molecule has 1 aliphatic heterocycles. The molecule has 2 aliphatic carbocycles. The van der Waals surface area contributed by atoms with Crippen LogP contribution in [-0.4, -0.2) is 24.8 Å². The lowest BCUT2D eigenvalue weighted by Gasteiger charge is -2.42. The second-order valence-electron chi connectivity index (χ2n) is 5.44. The maximum Gasteiger partial charge on any atom is 0.334 e. The average molecular weight is 248 g/mol. The molecule has 1 heterocycles. The standard InChI is InChI=1S/C15H20O3/c1-2-17-14(16)12-8-11-9-15(18-10-13(11)12)6-4-3-5-7-15/h9H,2-8,10H2,1H3. The fourth-order valence-electron chi connectivity index (χ4n) is 3.24. The van der Waals surface area contributed by atoms with Crippen molar-refractivity contribution in [2.24, 2.45) is 0 Å². The summed E-state index contributed by atoms with van der Waals surface area (Å²) in [5.41, 5.74) is 3.22. The molecule has 0 aromatic carbocycles. The topological polar surface area (TPSA) is 35.5 Å². The van der Waals surface area contributed by atoms with Gasteiger partial charge >= 0.3 is 5.97 Å². The number of carbonyl (C=O) groups excluding carboxylic acids is 1. The van der Waals surface area contributed by atoms with E-state index < -0.39 is 0 Å². The summed E-state index contributed by atoms with van der Waals surface area (Å²) in [7, 11) is 0. The first kappa shape index (κ1) is 12.0. The van der Waals surface area contributed by atoms with Gasteiger partial charge in [-0.3, -0.25) is 0 Å². The van der Waals surface area contributed by atoms with Crippen molar-refractivity contribution < 1.29 is 14.3 Å². The molecule has 1 saturated carbocycles. The molecule has 0 N–H and O–H groups in total. The molecule has 0 saturated heterocycles. The monoisotopic (exact) mass is 248 g/mol. The van der Waals surface area contributed by atoms with E-state index in [1.807, 2.05) is 6.92 Å². The number of rotatable bonds is 2. The quantitative estimate of drug-likeness (QED) is 0.705. The summed E-state index contributed by atoms with van der Waals surface area (Å²) in [6.45, 7) is 2.88. The predicted molar refractivity (Wildman–Crippen MR) is 68.1 cm³/mol. The van der Waals surface area contributed by atoms with Crippen LogP contribution in [0.2, 0.25) is 0 Å². The summed E-state index contributed by atoms with van der Waals surface area (Å²) in [5, 5.41) is 0. The number of ether oxygens (including phenoxy) is 2. The van der Waals surface area contributed by atoms with Crippen molar-refractivity contribution in [3.8, 4) is 0 Å². The molecular formula is C15H20O3. The van der Waals surface area contributed by atoms with Gasteiger partial charge in [0.25, 0.3) is 0 Å². The highest BCUT2D eigenvalue weighted by atomic mass is 16.5. The molecule has 1 spiro atoms. The van der Waals surface area contributed by atoms with E-state index in [0.29, 0.717) is 13.2 Å². The van der Waals surface area contributed by atoms with Crippen LogP contribution in [0.1, 0.15) is 45.4 Å². The molecule has 3 aliphatic rings. The minimum absolute atomic E-state index is 0.0166. The summed E-state index contributed by atoms with van der Waals surface area (Å²) < 4.78 is 11.1. The summed E-state index contributed by atoms with van der Waals surface area (Å²) in [4.78, 5) is 11.7. The highest BCUT2D eigenvalue weighted by Crippen LogP contribution is 2.45. The summed E-state index contributed by atoms with van der Waals surface area (Å²) in [6.07, 6.45) is 9.18. The van der Waals surface area contributed by atoms with E-state index in [9.17, 15) is 4.79 Å². The van der Waals surface area contributed by atoms with Crippen LogP contribution >= 0.6 is 0 Å². The zero-order valence-corrected chi connectivity index (χ0v) is 11.0. The van der Waals surface area contributed by atoms with Crippen molar-refractivity contribution in [3.63, 3.8) is 0 Å². The Morgan fingerprint density at radius 2 is 2.17 bits per heavy atom. The first-order chi connectivity index (χ1) is 8.74. The van der Waals surface area contributed by atoms with Crippen LogP contribution in [0.5, 0.6) is 0 Å². The van der Waals surface area contributed by atoms with Gasteiger partial charge in [-0.15, -0.1) is 0 Å². The van der Waals surface area contributed by atoms with Crippen LogP contribution in [0.3, 0.4) is 0 Å². The third-order valence-electron chi connectivity index (χ3n) is 4.28. The van der Waals surface area contributed by atoms with Crippen LogP contribution in [-0.2, 0) is 14.3 Å². The van der Waals surface area contributed by atoms with Crippen LogP contribution in [0.4, 0.5) is 0 Å². The highest BCUT2D eigenvalue weighted by Gasteiger charge is 2.40. The lowest BCUT2D eigenvalue weighted by atomic mass is 9.74. The van der Waals surface area contributed by atoms with Gasteiger partial charge in [-0.2, -0.15) is 0 Å². The lowest BCUT2D eigenvalue weighted by Crippen LogP contribution is -2.40. The Morgan fingerprint density at radius 3 is 2.83 bits per heavy atom. The lowest BCUT2D eigenvalue weighted by molar-refractivity contribution is -0.139. The zero-order valence-electron chi connectivity index (χ0n) is 11.0. The number of hydrogen-bond donors (Lipinski definition) is 0. The number of carbonyl (C=O) groups is 1. The van der Waals surface area contributed by atoms with Gasteiger partial charge in [-0.1, -0.05) is 19.3 Å². The zero-order chi connectivity index (χ0) is 12.6. The van der Waals surface area contributed by atoms with E-state index in [2.05, 4.69) is 6.08 Å². The van der Waals surface area contributed by atoms with E-state index in [1.54, 1.807) is 0 Å². The van der Waals surface area contributed by atoms with Crippen molar-refractivity contribution in [1.29, 1.82) is 0 Å². The van der Waals surface area contributed by atoms with Gasteiger partial charge in [-0.05, 0) is 37.0 Å². The molecule has 0 amide bonds. The van der Waals surface area contributed by atoms with Crippen molar-refractivity contribution in [3.05, 3.63) is 22.8 Å². The van der Waals surface area contributed by atoms with Crippen molar-refractivity contribution in [2.75, 3.05) is 13.2 Å². The molecule has 3 rings (SSSR count). The number of esters is 1. The van der Waals surface area contributed by atoms with E-state index in [1.165, 1.54) is 24.8 Å². The Balaban J connectivity index is 1.78. The van der Waals surface area contributed by atoms with Gasteiger partial charge < -0.3 is 9.47 Å². The Kier molecular flexibility index (Phi) is 3.02. The SMILES string of the molecule is CCOC(=O)C1=C2COC3(C=C2C1)CCCCC3. The molecule has 98 valence electrons. The van der Waals surface area contributed by atoms with Crippen molar-refractivity contribution in [1.82, 2.24) is 0 Å². The van der Waals surface area contributed by atoms with Crippen LogP contribution in [0, 0.1) is 0 Å². The van der Waals surface area contributed by atoms with Gasteiger partial charge in [0, 0.05) is 12.0 Å². The first-order valence-corrected chi connectivity index (χ1v) is 6.99. The molecule has 0 unspecified atom stereocenters. The second-order valence-corrected chi connectivity index (χ2v) is 5.44. The first-order valence-electron chi connectivity index (χ1n) is 6.99. The number of fused-ring (bicyclic) bond motifs is 1. The largest absolute Gasteiger partial charge is 0.463 e.